The molecule has 0 radical (unpaired) electrons. The number of hydrogen-bond donors (Lipinski definition) is 2. The highest BCUT2D eigenvalue weighted by Gasteiger charge is 2.38. The molecule has 2 aliphatic rings. The predicted octanol–water partition coefficient (Wildman–Crippen LogP) is 2.15. The van der Waals surface area contributed by atoms with Crippen molar-refractivity contribution in [1.82, 2.24) is 15.5 Å². The van der Waals surface area contributed by atoms with Crippen LogP contribution in [0.2, 0.25) is 0 Å². The second-order valence-electron chi connectivity index (χ2n) is 7.15. The van der Waals surface area contributed by atoms with Crippen LogP contribution < -0.4 is 10.6 Å². The molecule has 0 amide bonds. The van der Waals surface area contributed by atoms with E-state index in [1.54, 1.807) is 7.05 Å². The number of carbonyl (C=O) groups is 1. The van der Waals surface area contributed by atoms with Crippen LogP contribution in [0.25, 0.3) is 0 Å². The summed E-state index contributed by atoms with van der Waals surface area (Å²) in [6.45, 7) is 7.61. The van der Waals surface area contributed by atoms with Crippen molar-refractivity contribution in [3.63, 3.8) is 0 Å². The number of ether oxygens (including phenoxy) is 2. The fourth-order valence-electron chi connectivity index (χ4n) is 3.99. The molecule has 8 heteroatoms. The summed E-state index contributed by atoms with van der Waals surface area (Å²) in [7, 11) is 1.79. The summed E-state index contributed by atoms with van der Waals surface area (Å²) in [5, 5.41) is 6.85. The molecule has 158 valence electrons. The van der Waals surface area contributed by atoms with Crippen molar-refractivity contribution in [3.05, 3.63) is 0 Å². The summed E-state index contributed by atoms with van der Waals surface area (Å²) >= 11 is 0. The van der Waals surface area contributed by atoms with Gasteiger partial charge in [0, 0.05) is 45.2 Å². The van der Waals surface area contributed by atoms with E-state index in [2.05, 4.69) is 20.5 Å². The average Bonchev–Trinajstić information content (AvgIpc) is 2.69. The maximum atomic E-state index is 11.4. The molecule has 0 unspecified atom stereocenters. The highest BCUT2D eigenvalue weighted by atomic mass is 127. The lowest BCUT2D eigenvalue weighted by molar-refractivity contribution is -0.143. The second kappa shape index (κ2) is 13.5. The van der Waals surface area contributed by atoms with Crippen molar-refractivity contribution in [3.8, 4) is 0 Å². The molecular weight excluding hydrogens is 459 g/mol. The molecule has 7 nitrogen and oxygen atoms in total. The molecular formula is C19H37IN4O3. The maximum Gasteiger partial charge on any atom is 0.305 e. The Labute approximate surface area is 181 Å². The third kappa shape index (κ3) is 8.11. The van der Waals surface area contributed by atoms with Crippen LogP contribution in [0, 0.1) is 0 Å². The van der Waals surface area contributed by atoms with Crippen LogP contribution in [-0.2, 0) is 14.3 Å². The fraction of sp³-hybridized carbons (Fsp3) is 0.895. The summed E-state index contributed by atoms with van der Waals surface area (Å²) < 4.78 is 10.5. The molecule has 1 saturated heterocycles. The number of halogens is 1. The molecule has 0 atom stereocenters. The Morgan fingerprint density at radius 3 is 2.52 bits per heavy atom. The first-order valence-electron chi connectivity index (χ1n) is 10.1. The predicted molar refractivity (Wildman–Crippen MR) is 119 cm³/mol. The highest BCUT2D eigenvalue weighted by molar-refractivity contribution is 14.0. The number of aliphatic imine (C=N–C) groups is 1. The Bertz CT molecular complexity index is 450. The first-order chi connectivity index (χ1) is 12.7. The van der Waals surface area contributed by atoms with Gasteiger partial charge in [-0.25, -0.2) is 0 Å². The van der Waals surface area contributed by atoms with Gasteiger partial charge >= 0.3 is 5.97 Å². The molecule has 1 saturated carbocycles. The summed E-state index contributed by atoms with van der Waals surface area (Å²) in [5.74, 6) is 0.679. The van der Waals surface area contributed by atoms with E-state index in [1.807, 2.05) is 6.92 Å². The normalized spacial score (nSPS) is 20.4. The minimum absolute atomic E-state index is 0. The van der Waals surface area contributed by atoms with E-state index in [9.17, 15) is 4.79 Å². The van der Waals surface area contributed by atoms with Crippen molar-refractivity contribution in [2.45, 2.75) is 57.4 Å². The number of nitrogens with zero attached hydrogens (tertiary/aromatic N) is 2. The van der Waals surface area contributed by atoms with Crippen molar-refractivity contribution >= 4 is 35.9 Å². The number of rotatable bonds is 8. The second-order valence-corrected chi connectivity index (χ2v) is 7.15. The van der Waals surface area contributed by atoms with Crippen molar-refractivity contribution in [2.24, 2.45) is 4.99 Å². The number of nitrogens with one attached hydrogen (secondary N) is 2. The lowest BCUT2D eigenvalue weighted by atomic mass is 9.80. The molecule has 0 aromatic rings. The zero-order valence-electron chi connectivity index (χ0n) is 16.9. The van der Waals surface area contributed by atoms with Crippen LogP contribution in [0.5, 0.6) is 0 Å². The largest absolute Gasteiger partial charge is 0.466 e. The van der Waals surface area contributed by atoms with Gasteiger partial charge in [0.25, 0.3) is 0 Å². The monoisotopic (exact) mass is 496 g/mol. The van der Waals surface area contributed by atoms with Gasteiger partial charge in [-0.1, -0.05) is 19.3 Å². The molecule has 1 heterocycles. The summed E-state index contributed by atoms with van der Waals surface area (Å²) in [4.78, 5) is 18.4. The Balaban J connectivity index is 0.00000364. The van der Waals surface area contributed by atoms with E-state index in [4.69, 9.17) is 9.47 Å². The van der Waals surface area contributed by atoms with Gasteiger partial charge in [-0.2, -0.15) is 0 Å². The third-order valence-corrected chi connectivity index (χ3v) is 5.43. The SMILES string of the molecule is CCOC(=O)CCCNC(=NC)NCC1(N2CCOCC2)CCCCC1.I. The van der Waals surface area contributed by atoms with Crippen LogP contribution in [0.15, 0.2) is 4.99 Å². The topological polar surface area (TPSA) is 75.2 Å². The van der Waals surface area contributed by atoms with Gasteiger partial charge in [0.1, 0.15) is 0 Å². The maximum absolute atomic E-state index is 11.4. The molecule has 0 aromatic heterocycles. The fourth-order valence-corrected chi connectivity index (χ4v) is 3.99. The molecule has 2 fully saturated rings. The summed E-state index contributed by atoms with van der Waals surface area (Å²) in [6, 6.07) is 0. The number of hydrogen-bond acceptors (Lipinski definition) is 5. The van der Waals surface area contributed by atoms with E-state index in [0.717, 1.165) is 45.2 Å². The molecule has 1 aliphatic carbocycles. The van der Waals surface area contributed by atoms with E-state index < -0.39 is 0 Å². The molecule has 0 spiro atoms. The van der Waals surface area contributed by atoms with Gasteiger partial charge in [-0.15, -0.1) is 24.0 Å². The molecule has 27 heavy (non-hydrogen) atoms. The molecule has 0 bridgehead atoms. The number of carbonyl (C=O) groups excluding carboxylic acids is 1. The Hall–Kier alpha value is -0.610. The average molecular weight is 496 g/mol. The van der Waals surface area contributed by atoms with E-state index in [1.165, 1.54) is 32.1 Å². The van der Waals surface area contributed by atoms with Crippen LogP contribution in [0.3, 0.4) is 0 Å². The van der Waals surface area contributed by atoms with Crippen LogP contribution in [0.1, 0.15) is 51.9 Å². The van der Waals surface area contributed by atoms with E-state index in [0.29, 0.717) is 19.6 Å². The summed E-state index contributed by atoms with van der Waals surface area (Å²) in [6.07, 6.45) is 7.59. The van der Waals surface area contributed by atoms with Crippen molar-refractivity contribution in [1.29, 1.82) is 0 Å². The van der Waals surface area contributed by atoms with E-state index in [-0.39, 0.29) is 35.5 Å². The van der Waals surface area contributed by atoms with Gasteiger partial charge in [-0.3, -0.25) is 14.7 Å². The number of esters is 1. The van der Waals surface area contributed by atoms with Gasteiger partial charge < -0.3 is 20.1 Å². The Kier molecular flexibility index (Phi) is 12.3. The molecule has 2 rings (SSSR count). The molecule has 2 N–H and O–H groups in total. The number of guanidine groups is 1. The zero-order valence-corrected chi connectivity index (χ0v) is 19.3. The van der Waals surface area contributed by atoms with Crippen LogP contribution >= 0.6 is 24.0 Å². The highest BCUT2D eigenvalue weighted by Crippen LogP contribution is 2.33. The molecule has 0 aromatic carbocycles. The van der Waals surface area contributed by atoms with Gasteiger partial charge in [0.05, 0.1) is 19.8 Å². The number of morpholine rings is 1. The van der Waals surface area contributed by atoms with Crippen molar-refractivity contribution in [2.75, 3.05) is 53.0 Å². The van der Waals surface area contributed by atoms with Gasteiger partial charge in [0.15, 0.2) is 5.96 Å². The minimum Gasteiger partial charge on any atom is -0.466 e. The minimum atomic E-state index is -0.134. The van der Waals surface area contributed by atoms with Crippen molar-refractivity contribution < 1.29 is 14.3 Å². The zero-order chi connectivity index (χ0) is 18.7. The molecule has 1 aliphatic heterocycles. The van der Waals surface area contributed by atoms with Gasteiger partial charge in [-0.05, 0) is 26.2 Å². The quantitative estimate of drug-likeness (QED) is 0.176. The van der Waals surface area contributed by atoms with Crippen LogP contribution in [-0.4, -0.2) is 75.4 Å². The Morgan fingerprint density at radius 2 is 1.89 bits per heavy atom. The van der Waals surface area contributed by atoms with Gasteiger partial charge in [0.2, 0.25) is 0 Å². The van der Waals surface area contributed by atoms with Crippen LogP contribution in [0.4, 0.5) is 0 Å². The summed E-state index contributed by atoms with van der Waals surface area (Å²) in [5.41, 5.74) is 0.213. The standard InChI is InChI=1S/C19H36N4O3.HI/c1-3-26-17(24)8-7-11-21-18(20-2)22-16-19(9-5-4-6-10-19)23-12-14-25-15-13-23;/h3-16H2,1-2H3,(H2,20,21,22);1H. The lowest BCUT2D eigenvalue weighted by Crippen LogP contribution is -2.60. The lowest BCUT2D eigenvalue weighted by Gasteiger charge is -2.48. The van der Waals surface area contributed by atoms with E-state index >= 15 is 0 Å². The third-order valence-electron chi connectivity index (χ3n) is 5.43. The first kappa shape index (κ1) is 24.4. The smallest absolute Gasteiger partial charge is 0.305 e. The first-order valence-corrected chi connectivity index (χ1v) is 10.1. The Morgan fingerprint density at radius 1 is 1.19 bits per heavy atom.